The Kier molecular flexibility index (Phi) is 4.95. The number of carbonyl (C=O) groups excluding carboxylic acids is 2. The van der Waals surface area contributed by atoms with Crippen LogP contribution in [0.5, 0.6) is 0 Å². The number of hydrogen-bond donors (Lipinski definition) is 2. The Labute approximate surface area is 165 Å². The second-order valence-corrected chi connectivity index (χ2v) is 7.96. The molecule has 2 N–H and O–H groups in total. The highest BCUT2D eigenvalue weighted by Gasteiger charge is 2.20. The Hall–Kier alpha value is -3.00. The summed E-state index contributed by atoms with van der Waals surface area (Å²) in [6.07, 6.45) is 5.60. The standard InChI is InChI=1S/C20H20N4O3S/c1-12(25)22-13-6-8-14(9-7-13)23-17(26)10-24-11-21-19-18(20(24)27)15-4-2-3-5-16(15)28-19/h6-9,11H,2-5,10H2,1H3,(H,22,25)(H,23,26). The van der Waals surface area contributed by atoms with E-state index in [9.17, 15) is 14.4 Å². The number of aryl methyl sites for hydroxylation is 2. The van der Waals surface area contributed by atoms with Gasteiger partial charge in [-0.1, -0.05) is 0 Å². The van der Waals surface area contributed by atoms with Crippen LogP contribution in [0.3, 0.4) is 0 Å². The van der Waals surface area contributed by atoms with Crippen molar-refractivity contribution in [2.24, 2.45) is 0 Å². The molecule has 0 bridgehead atoms. The van der Waals surface area contributed by atoms with Gasteiger partial charge in [0.15, 0.2) is 0 Å². The first-order valence-electron chi connectivity index (χ1n) is 9.18. The molecule has 0 radical (unpaired) electrons. The minimum absolute atomic E-state index is 0.0974. The number of amides is 2. The predicted molar refractivity (Wildman–Crippen MR) is 110 cm³/mol. The minimum atomic E-state index is -0.306. The molecule has 0 saturated carbocycles. The normalized spacial score (nSPS) is 13.2. The van der Waals surface area contributed by atoms with Crippen molar-refractivity contribution in [1.29, 1.82) is 0 Å². The van der Waals surface area contributed by atoms with Gasteiger partial charge in [-0.05, 0) is 55.5 Å². The zero-order valence-electron chi connectivity index (χ0n) is 15.4. The fourth-order valence-electron chi connectivity index (χ4n) is 3.49. The SMILES string of the molecule is CC(=O)Nc1ccc(NC(=O)Cn2cnc3sc4c(c3c2=O)CCCC4)cc1. The van der Waals surface area contributed by atoms with Crippen LogP contribution >= 0.6 is 11.3 Å². The van der Waals surface area contributed by atoms with E-state index < -0.39 is 0 Å². The summed E-state index contributed by atoms with van der Waals surface area (Å²) in [6, 6.07) is 6.80. The number of hydrogen-bond acceptors (Lipinski definition) is 5. The Bertz CT molecular complexity index is 1110. The van der Waals surface area contributed by atoms with Crippen LogP contribution in [0, 0.1) is 0 Å². The van der Waals surface area contributed by atoms with Gasteiger partial charge in [0.05, 0.1) is 11.7 Å². The zero-order chi connectivity index (χ0) is 19.7. The van der Waals surface area contributed by atoms with Gasteiger partial charge in [-0.15, -0.1) is 11.3 Å². The molecule has 0 fully saturated rings. The van der Waals surface area contributed by atoms with Crippen LogP contribution in [-0.2, 0) is 29.0 Å². The topological polar surface area (TPSA) is 93.1 Å². The highest BCUT2D eigenvalue weighted by atomic mass is 32.1. The molecule has 1 aliphatic carbocycles. The van der Waals surface area contributed by atoms with E-state index in [-0.39, 0.29) is 23.9 Å². The van der Waals surface area contributed by atoms with E-state index in [4.69, 9.17) is 0 Å². The fraction of sp³-hybridized carbons (Fsp3) is 0.300. The van der Waals surface area contributed by atoms with E-state index in [2.05, 4.69) is 15.6 Å². The van der Waals surface area contributed by atoms with Crippen molar-refractivity contribution in [3.05, 3.63) is 51.4 Å². The van der Waals surface area contributed by atoms with Crippen molar-refractivity contribution < 1.29 is 9.59 Å². The third kappa shape index (κ3) is 3.68. The number of fused-ring (bicyclic) bond motifs is 3. The molecule has 28 heavy (non-hydrogen) atoms. The molecule has 0 unspecified atom stereocenters. The number of rotatable bonds is 4. The monoisotopic (exact) mass is 396 g/mol. The zero-order valence-corrected chi connectivity index (χ0v) is 16.3. The highest BCUT2D eigenvalue weighted by Crippen LogP contribution is 2.33. The van der Waals surface area contributed by atoms with Gasteiger partial charge < -0.3 is 10.6 Å². The lowest BCUT2D eigenvalue weighted by molar-refractivity contribution is -0.117. The molecule has 2 amide bonds. The lowest BCUT2D eigenvalue weighted by Crippen LogP contribution is -2.28. The fourth-order valence-corrected chi connectivity index (χ4v) is 4.71. The molecule has 0 atom stereocenters. The molecular formula is C20H20N4O3S. The summed E-state index contributed by atoms with van der Waals surface area (Å²) in [5.74, 6) is -0.464. The van der Waals surface area contributed by atoms with Gasteiger partial charge in [0.2, 0.25) is 11.8 Å². The van der Waals surface area contributed by atoms with Crippen LogP contribution in [0.2, 0.25) is 0 Å². The van der Waals surface area contributed by atoms with Crippen LogP contribution in [-0.4, -0.2) is 21.4 Å². The van der Waals surface area contributed by atoms with Crippen molar-refractivity contribution in [2.45, 2.75) is 39.2 Å². The molecule has 2 aromatic heterocycles. The van der Waals surface area contributed by atoms with Crippen molar-refractivity contribution in [2.75, 3.05) is 10.6 Å². The van der Waals surface area contributed by atoms with E-state index in [0.717, 1.165) is 36.1 Å². The number of nitrogens with one attached hydrogen (secondary N) is 2. The van der Waals surface area contributed by atoms with Crippen molar-refractivity contribution in [3.63, 3.8) is 0 Å². The van der Waals surface area contributed by atoms with Gasteiger partial charge in [0.1, 0.15) is 11.4 Å². The van der Waals surface area contributed by atoms with Crippen LogP contribution in [0.4, 0.5) is 11.4 Å². The maximum Gasteiger partial charge on any atom is 0.262 e. The van der Waals surface area contributed by atoms with Gasteiger partial charge in [0.25, 0.3) is 5.56 Å². The number of aromatic nitrogens is 2. The van der Waals surface area contributed by atoms with E-state index >= 15 is 0 Å². The van der Waals surface area contributed by atoms with Crippen LogP contribution in [0.1, 0.15) is 30.2 Å². The minimum Gasteiger partial charge on any atom is -0.326 e. The molecule has 8 heteroatoms. The Morgan fingerprint density at radius 3 is 2.50 bits per heavy atom. The first-order chi connectivity index (χ1) is 13.5. The second-order valence-electron chi connectivity index (χ2n) is 6.88. The Morgan fingerprint density at radius 2 is 1.79 bits per heavy atom. The number of nitrogens with zero attached hydrogens (tertiary/aromatic N) is 2. The molecule has 2 heterocycles. The number of benzene rings is 1. The summed E-state index contributed by atoms with van der Waals surface area (Å²) in [5.41, 5.74) is 2.21. The van der Waals surface area contributed by atoms with Crippen molar-refractivity contribution >= 4 is 44.7 Å². The number of thiophene rings is 1. The van der Waals surface area contributed by atoms with Gasteiger partial charge in [-0.25, -0.2) is 4.98 Å². The Balaban J connectivity index is 1.51. The van der Waals surface area contributed by atoms with Gasteiger partial charge in [0, 0.05) is 23.2 Å². The average molecular weight is 396 g/mol. The molecule has 1 aliphatic rings. The molecular weight excluding hydrogens is 376 g/mol. The maximum atomic E-state index is 12.9. The largest absolute Gasteiger partial charge is 0.326 e. The average Bonchev–Trinajstić information content (AvgIpc) is 3.04. The lowest BCUT2D eigenvalue weighted by Gasteiger charge is -2.11. The summed E-state index contributed by atoms with van der Waals surface area (Å²) in [5, 5.41) is 6.11. The maximum absolute atomic E-state index is 12.9. The molecule has 1 aromatic carbocycles. The van der Waals surface area contributed by atoms with E-state index in [1.807, 2.05) is 0 Å². The van der Waals surface area contributed by atoms with E-state index in [0.29, 0.717) is 16.8 Å². The number of carbonyl (C=O) groups is 2. The third-order valence-corrected chi connectivity index (χ3v) is 5.94. The summed E-state index contributed by atoms with van der Waals surface area (Å²) < 4.78 is 1.37. The van der Waals surface area contributed by atoms with Crippen molar-refractivity contribution in [3.8, 4) is 0 Å². The summed E-state index contributed by atoms with van der Waals surface area (Å²) >= 11 is 1.59. The molecule has 0 saturated heterocycles. The van der Waals surface area contributed by atoms with Crippen LogP contribution < -0.4 is 16.2 Å². The summed E-state index contributed by atoms with van der Waals surface area (Å²) in [6.45, 7) is 1.34. The first-order valence-corrected chi connectivity index (χ1v) is 10.00. The second kappa shape index (κ2) is 7.55. The van der Waals surface area contributed by atoms with Crippen LogP contribution in [0.15, 0.2) is 35.4 Å². The molecule has 7 nitrogen and oxygen atoms in total. The lowest BCUT2D eigenvalue weighted by atomic mass is 9.97. The van der Waals surface area contributed by atoms with E-state index in [1.165, 1.54) is 22.7 Å². The number of anilines is 2. The van der Waals surface area contributed by atoms with Crippen LogP contribution in [0.25, 0.3) is 10.2 Å². The van der Waals surface area contributed by atoms with Crippen molar-refractivity contribution in [1.82, 2.24) is 9.55 Å². The molecule has 3 aromatic rings. The Morgan fingerprint density at radius 1 is 1.11 bits per heavy atom. The molecule has 0 aliphatic heterocycles. The summed E-state index contributed by atoms with van der Waals surface area (Å²) in [7, 11) is 0. The first kappa shape index (κ1) is 18.4. The molecule has 144 valence electrons. The quantitative estimate of drug-likeness (QED) is 0.709. The molecule has 4 rings (SSSR count). The summed E-state index contributed by atoms with van der Waals surface area (Å²) in [4.78, 5) is 42.8. The third-order valence-electron chi connectivity index (χ3n) is 4.74. The molecule has 0 spiro atoms. The predicted octanol–water partition coefficient (Wildman–Crippen LogP) is 2.93. The van der Waals surface area contributed by atoms with Gasteiger partial charge >= 0.3 is 0 Å². The van der Waals surface area contributed by atoms with E-state index in [1.54, 1.807) is 35.6 Å². The van der Waals surface area contributed by atoms with Gasteiger partial charge in [-0.2, -0.15) is 0 Å². The van der Waals surface area contributed by atoms with Gasteiger partial charge in [-0.3, -0.25) is 19.0 Å². The smallest absolute Gasteiger partial charge is 0.262 e. The highest BCUT2D eigenvalue weighted by molar-refractivity contribution is 7.18.